The molecule has 1 amide bonds. The van der Waals surface area contributed by atoms with Crippen LogP contribution in [0.5, 0.6) is 0 Å². The molecule has 0 unspecified atom stereocenters. The SMILES string of the molecule is O=C1CCCN1CCCN=c1sc2ccccc2s1. The molecule has 0 aliphatic carbocycles. The Morgan fingerprint density at radius 1 is 1.21 bits per heavy atom. The summed E-state index contributed by atoms with van der Waals surface area (Å²) < 4.78 is 3.75. The summed E-state index contributed by atoms with van der Waals surface area (Å²) in [6, 6.07) is 8.40. The molecule has 2 heterocycles. The molecule has 1 aromatic carbocycles. The van der Waals surface area contributed by atoms with Crippen LogP contribution in [0.2, 0.25) is 0 Å². The Morgan fingerprint density at radius 3 is 2.58 bits per heavy atom. The minimum Gasteiger partial charge on any atom is -0.343 e. The Hall–Kier alpha value is -1.20. The number of nitrogens with zero attached hydrogens (tertiary/aromatic N) is 2. The zero-order valence-electron chi connectivity index (χ0n) is 10.7. The van der Waals surface area contributed by atoms with Crippen molar-refractivity contribution in [2.75, 3.05) is 19.6 Å². The number of hydrogen-bond acceptors (Lipinski definition) is 4. The van der Waals surface area contributed by atoms with E-state index in [0.717, 1.165) is 42.9 Å². The van der Waals surface area contributed by atoms with Crippen LogP contribution in [0.15, 0.2) is 29.3 Å². The normalized spacial score (nSPS) is 15.4. The highest BCUT2D eigenvalue weighted by Crippen LogP contribution is 2.20. The first-order valence-electron chi connectivity index (χ1n) is 6.60. The van der Waals surface area contributed by atoms with Gasteiger partial charge in [0.05, 0.1) is 0 Å². The molecule has 0 spiro atoms. The van der Waals surface area contributed by atoms with Gasteiger partial charge in [0.1, 0.15) is 0 Å². The van der Waals surface area contributed by atoms with Gasteiger partial charge in [-0.05, 0) is 25.0 Å². The van der Waals surface area contributed by atoms with Crippen LogP contribution >= 0.6 is 22.7 Å². The largest absolute Gasteiger partial charge is 0.343 e. The number of amides is 1. The molecule has 1 aliphatic rings. The number of benzene rings is 1. The number of carbonyl (C=O) groups excluding carboxylic acids is 1. The Labute approximate surface area is 120 Å². The summed E-state index contributed by atoms with van der Waals surface area (Å²) in [4.78, 5) is 18.0. The highest BCUT2D eigenvalue weighted by Gasteiger charge is 2.18. The summed E-state index contributed by atoms with van der Waals surface area (Å²) >= 11 is 3.50. The Bertz CT molecular complexity index is 608. The minimum absolute atomic E-state index is 0.310. The van der Waals surface area contributed by atoms with Gasteiger partial charge in [0.2, 0.25) is 5.91 Å². The van der Waals surface area contributed by atoms with Crippen molar-refractivity contribution in [3.63, 3.8) is 0 Å². The molecule has 1 aliphatic heterocycles. The van der Waals surface area contributed by atoms with Gasteiger partial charge in [-0.1, -0.05) is 12.1 Å². The maximum atomic E-state index is 11.5. The minimum atomic E-state index is 0.310. The molecule has 0 atom stereocenters. The van der Waals surface area contributed by atoms with E-state index in [1.807, 2.05) is 4.90 Å². The Balaban J connectivity index is 1.58. The number of likely N-dealkylation sites (tertiary alicyclic amines) is 1. The van der Waals surface area contributed by atoms with Gasteiger partial charge < -0.3 is 4.90 Å². The quantitative estimate of drug-likeness (QED) is 0.798. The molecule has 0 bridgehead atoms. The zero-order chi connectivity index (χ0) is 13.1. The van der Waals surface area contributed by atoms with Crippen LogP contribution < -0.4 is 3.98 Å². The van der Waals surface area contributed by atoms with Gasteiger partial charge in [0.25, 0.3) is 0 Å². The Morgan fingerprint density at radius 2 is 1.95 bits per heavy atom. The molecule has 2 aromatic rings. The summed E-state index contributed by atoms with van der Waals surface area (Å²) in [5.41, 5.74) is 0. The summed E-state index contributed by atoms with van der Waals surface area (Å²) in [5, 5.41) is 0. The third-order valence-electron chi connectivity index (χ3n) is 3.24. The van der Waals surface area contributed by atoms with Crippen molar-refractivity contribution in [1.82, 2.24) is 4.90 Å². The first kappa shape index (κ1) is 12.8. The van der Waals surface area contributed by atoms with Crippen molar-refractivity contribution in [3.8, 4) is 0 Å². The van der Waals surface area contributed by atoms with Crippen LogP contribution in [0.1, 0.15) is 19.3 Å². The molecule has 5 heteroatoms. The van der Waals surface area contributed by atoms with Crippen LogP contribution in [-0.4, -0.2) is 30.4 Å². The van der Waals surface area contributed by atoms with Gasteiger partial charge in [0.15, 0.2) is 3.98 Å². The van der Waals surface area contributed by atoms with Crippen LogP contribution in [-0.2, 0) is 4.79 Å². The van der Waals surface area contributed by atoms with Gasteiger partial charge in [-0.3, -0.25) is 9.79 Å². The van der Waals surface area contributed by atoms with E-state index in [1.54, 1.807) is 22.7 Å². The van der Waals surface area contributed by atoms with Crippen LogP contribution in [0.25, 0.3) is 9.40 Å². The predicted molar refractivity (Wildman–Crippen MR) is 80.6 cm³/mol. The van der Waals surface area contributed by atoms with E-state index in [9.17, 15) is 4.79 Å². The smallest absolute Gasteiger partial charge is 0.222 e. The lowest BCUT2D eigenvalue weighted by Crippen LogP contribution is -2.26. The average Bonchev–Trinajstić information content (AvgIpc) is 3.00. The predicted octanol–water partition coefficient (Wildman–Crippen LogP) is 2.88. The van der Waals surface area contributed by atoms with Crippen molar-refractivity contribution in [2.45, 2.75) is 19.3 Å². The van der Waals surface area contributed by atoms with Gasteiger partial charge in [0, 0.05) is 35.5 Å². The summed E-state index contributed by atoms with van der Waals surface area (Å²) in [6.07, 6.45) is 2.72. The van der Waals surface area contributed by atoms with Crippen LogP contribution in [0.4, 0.5) is 0 Å². The molecular formula is C14H16N2OS2. The van der Waals surface area contributed by atoms with E-state index in [2.05, 4.69) is 29.3 Å². The third-order valence-corrected chi connectivity index (χ3v) is 5.63. The third kappa shape index (κ3) is 3.04. The highest BCUT2D eigenvalue weighted by atomic mass is 32.2. The van der Waals surface area contributed by atoms with E-state index < -0.39 is 0 Å². The number of fused-ring (bicyclic) bond motifs is 1. The topological polar surface area (TPSA) is 32.7 Å². The molecule has 100 valence electrons. The first-order chi connectivity index (χ1) is 9.33. The summed E-state index contributed by atoms with van der Waals surface area (Å²) in [5.74, 6) is 0.310. The lowest BCUT2D eigenvalue weighted by molar-refractivity contribution is -0.127. The second-order valence-corrected chi connectivity index (χ2v) is 6.96. The first-order valence-corrected chi connectivity index (χ1v) is 8.23. The highest BCUT2D eigenvalue weighted by molar-refractivity contribution is 7.35. The van der Waals surface area contributed by atoms with Crippen LogP contribution in [0.3, 0.4) is 0 Å². The zero-order valence-corrected chi connectivity index (χ0v) is 12.3. The number of rotatable bonds is 4. The molecule has 1 saturated heterocycles. The molecule has 3 rings (SSSR count). The number of carbonyl (C=O) groups is 1. The molecule has 1 aromatic heterocycles. The van der Waals surface area contributed by atoms with Crippen LogP contribution in [0, 0.1) is 0 Å². The molecule has 0 radical (unpaired) electrons. The second kappa shape index (κ2) is 5.84. The van der Waals surface area contributed by atoms with Crippen molar-refractivity contribution in [3.05, 3.63) is 28.3 Å². The van der Waals surface area contributed by atoms with Crippen molar-refractivity contribution >= 4 is 38.0 Å². The molecule has 1 fully saturated rings. The molecule has 3 nitrogen and oxygen atoms in total. The van der Waals surface area contributed by atoms with Gasteiger partial charge in [-0.2, -0.15) is 0 Å². The standard InChI is InChI=1S/C14H16N2OS2/c17-13-7-3-9-16(13)10-4-8-15-14-18-11-5-1-2-6-12(11)19-14/h1-2,5-6H,3-4,7-10H2. The summed E-state index contributed by atoms with van der Waals surface area (Å²) in [7, 11) is 0. The fourth-order valence-corrected chi connectivity index (χ4v) is 4.54. The van der Waals surface area contributed by atoms with Crippen molar-refractivity contribution < 1.29 is 4.79 Å². The van der Waals surface area contributed by atoms with Gasteiger partial charge in [-0.15, -0.1) is 22.7 Å². The molecule has 0 saturated carbocycles. The fraction of sp³-hybridized carbons (Fsp3) is 0.429. The van der Waals surface area contributed by atoms with E-state index in [-0.39, 0.29) is 0 Å². The maximum absolute atomic E-state index is 11.5. The van der Waals surface area contributed by atoms with E-state index in [4.69, 9.17) is 0 Å². The average molecular weight is 292 g/mol. The van der Waals surface area contributed by atoms with E-state index in [1.165, 1.54) is 9.40 Å². The second-order valence-electron chi connectivity index (χ2n) is 4.64. The number of hydrogen-bond donors (Lipinski definition) is 0. The lowest BCUT2D eigenvalue weighted by atomic mass is 10.4. The molecule has 0 N–H and O–H groups in total. The molecular weight excluding hydrogens is 276 g/mol. The Kier molecular flexibility index (Phi) is 3.94. The van der Waals surface area contributed by atoms with E-state index >= 15 is 0 Å². The van der Waals surface area contributed by atoms with Gasteiger partial charge >= 0.3 is 0 Å². The van der Waals surface area contributed by atoms with Crippen molar-refractivity contribution in [2.24, 2.45) is 4.99 Å². The maximum Gasteiger partial charge on any atom is 0.222 e. The monoisotopic (exact) mass is 292 g/mol. The lowest BCUT2D eigenvalue weighted by Gasteiger charge is -2.13. The molecule has 19 heavy (non-hydrogen) atoms. The van der Waals surface area contributed by atoms with Gasteiger partial charge in [-0.25, -0.2) is 0 Å². The van der Waals surface area contributed by atoms with E-state index in [0.29, 0.717) is 5.91 Å². The van der Waals surface area contributed by atoms with Crippen molar-refractivity contribution in [1.29, 1.82) is 0 Å². The summed E-state index contributed by atoms with van der Waals surface area (Å²) in [6.45, 7) is 2.61. The fourth-order valence-electron chi connectivity index (χ4n) is 2.26.